The van der Waals surface area contributed by atoms with E-state index in [0.717, 1.165) is 0 Å². The van der Waals surface area contributed by atoms with Gasteiger partial charge < -0.3 is 15.2 Å². The third kappa shape index (κ3) is 6.71. The minimum Gasteiger partial charge on any atom is -0.478 e. The number of anilines is 1. The highest BCUT2D eigenvalue weighted by Crippen LogP contribution is 2.09. The summed E-state index contributed by atoms with van der Waals surface area (Å²) < 4.78 is 11.5. The molecule has 0 unspecified atom stereocenters. The highest BCUT2D eigenvalue weighted by molar-refractivity contribution is 5.88. The number of esters is 1. The van der Waals surface area contributed by atoms with E-state index in [1.54, 1.807) is 32.9 Å². The summed E-state index contributed by atoms with van der Waals surface area (Å²) in [5, 5.41) is 17.7. The maximum Gasteiger partial charge on any atom is 0.335 e. The van der Waals surface area contributed by atoms with E-state index in [-0.39, 0.29) is 30.4 Å². The molecule has 2 rings (SSSR count). The van der Waals surface area contributed by atoms with Crippen molar-refractivity contribution in [1.82, 2.24) is 10.6 Å². The molecule has 0 saturated carbocycles. The first-order chi connectivity index (χ1) is 13.1. The van der Waals surface area contributed by atoms with Gasteiger partial charge in [0.15, 0.2) is 0 Å². The van der Waals surface area contributed by atoms with Crippen LogP contribution < -0.4 is 15.3 Å². The topological polar surface area (TPSA) is 135 Å². The van der Waals surface area contributed by atoms with Gasteiger partial charge in [0, 0.05) is 25.1 Å². The summed E-state index contributed by atoms with van der Waals surface area (Å²) >= 11 is 0. The van der Waals surface area contributed by atoms with E-state index < -0.39 is 17.6 Å². The molecule has 28 heavy (non-hydrogen) atoms. The largest absolute Gasteiger partial charge is 0.478 e. The number of benzene rings is 1. The minimum absolute atomic E-state index is 0.104. The molecule has 1 aromatic heterocycles. The second-order valence-corrected chi connectivity index (χ2v) is 6.93. The lowest BCUT2D eigenvalue weighted by atomic mass is 10.2. The Bertz CT molecular complexity index is 839. The van der Waals surface area contributed by atoms with Gasteiger partial charge in [0.1, 0.15) is 5.60 Å². The van der Waals surface area contributed by atoms with Crippen LogP contribution in [0, 0.1) is 0 Å². The van der Waals surface area contributed by atoms with E-state index in [1.165, 1.54) is 23.0 Å². The van der Waals surface area contributed by atoms with Gasteiger partial charge in [-0.05, 0) is 44.0 Å². The third-order valence-corrected chi connectivity index (χ3v) is 3.35. The van der Waals surface area contributed by atoms with Gasteiger partial charge in [-0.1, -0.05) is 0 Å². The molecular formula is C18H23N4O6+. The van der Waals surface area contributed by atoms with Gasteiger partial charge in [-0.25, -0.2) is 9.59 Å². The highest BCUT2D eigenvalue weighted by Gasteiger charge is 2.18. The molecule has 0 fully saturated rings. The highest BCUT2D eigenvalue weighted by atomic mass is 16.6. The van der Waals surface area contributed by atoms with Crippen LogP contribution in [-0.2, 0) is 9.53 Å². The van der Waals surface area contributed by atoms with Crippen LogP contribution in [-0.4, -0.2) is 40.5 Å². The Balaban J connectivity index is 1.77. The van der Waals surface area contributed by atoms with Crippen molar-refractivity contribution in [3.63, 3.8) is 0 Å². The van der Waals surface area contributed by atoms with Crippen molar-refractivity contribution in [3.05, 3.63) is 36.0 Å². The summed E-state index contributed by atoms with van der Waals surface area (Å²) in [6, 6.07) is 5.49. The van der Waals surface area contributed by atoms with Gasteiger partial charge in [-0.15, -0.1) is 0 Å². The van der Waals surface area contributed by atoms with E-state index in [4.69, 9.17) is 14.4 Å². The van der Waals surface area contributed by atoms with E-state index in [0.29, 0.717) is 12.1 Å². The number of carbonyl (C=O) groups is 3. The SMILES string of the molecule is CC(C)(C)OC(=O)CCCNC(=O)Nc1c[n+](-c2ccc(C(=O)O)cc2)no1. The number of nitrogens with zero attached hydrogens (tertiary/aromatic N) is 2. The van der Waals surface area contributed by atoms with Crippen molar-refractivity contribution in [2.24, 2.45) is 0 Å². The molecule has 3 N–H and O–H groups in total. The fourth-order valence-corrected chi connectivity index (χ4v) is 2.16. The molecule has 0 aliphatic heterocycles. The lowest BCUT2D eigenvalue weighted by Gasteiger charge is -2.19. The first-order valence-corrected chi connectivity index (χ1v) is 8.63. The Morgan fingerprint density at radius 1 is 1.21 bits per heavy atom. The molecule has 0 radical (unpaired) electrons. The van der Waals surface area contributed by atoms with E-state index >= 15 is 0 Å². The molecular weight excluding hydrogens is 368 g/mol. The van der Waals surface area contributed by atoms with Gasteiger partial charge in [-0.2, -0.15) is 0 Å². The summed E-state index contributed by atoms with van der Waals surface area (Å²) in [5.41, 5.74) is 0.189. The first-order valence-electron chi connectivity index (χ1n) is 8.63. The number of carboxylic acid groups (broad SMARTS) is 1. The first kappa shape index (κ1) is 20.9. The lowest BCUT2D eigenvalue weighted by molar-refractivity contribution is -0.670. The smallest absolute Gasteiger partial charge is 0.335 e. The molecule has 10 nitrogen and oxygen atoms in total. The Morgan fingerprint density at radius 3 is 2.50 bits per heavy atom. The fourth-order valence-electron chi connectivity index (χ4n) is 2.16. The summed E-state index contributed by atoms with van der Waals surface area (Å²) in [6.07, 6.45) is 2.08. The number of aromatic nitrogens is 2. The molecule has 1 heterocycles. The van der Waals surface area contributed by atoms with Crippen molar-refractivity contribution >= 4 is 23.9 Å². The molecule has 0 aliphatic carbocycles. The zero-order valence-electron chi connectivity index (χ0n) is 15.9. The second kappa shape index (κ2) is 8.98. The van der Waals surface area contributed by atoms with Crippen LogP contribution in [0.5, 0.6) is 0 Å². The van der Waals surface area contributed by atoms with Crippen molar-refractivity contribution < 1.29 is 33.4 Å². The number of amides is 2. The van der Waals surface area contributed by atoms with Crippen molar-refractivity contribution in [2.45, 2.75) is 39.2 Å². The zero-order chi connectivity index (χ0) is 20.7. The predicted octanol–water partition coefficient (Wildman–Crippen LogP) is 1.89. The molecule has 10 heteroatoms. The van der Waals surface area contributed by atoms with Crippen LogP contribution in [0.4, 0.5) is 10.7 Å². The standard InChI is InChI=1S/C18H22N4O6/c1-18(2,3)27-15(23)5-4-10-19-17(26)20-14-11-22(21-28-14)13-8-6-12(7-9-13)16(24)25/h6-9,11H,4-5,10H2,1-3H3,(H2-,19,20,21,24,25,26)/p+1. The van der Waals surface area contributed by atoms with Gasteiger partial charge in [-0.3, -0.25) is 14.6 Å². The number of carbonyl (C=O) groups excluding carboxylic acids is 2. The molecule has 1 aromatic carbocycles. The van der Waals surface area contributed by atoms with Crippen molar-refractivity contribution in [3.8, 4) is 5.69 Å². The van der Waals surface area contributed by atoms with Gasteiger partial charge in [0.25, 0.3) is 6.20 Å². The Kier molecular flexibility index (Phi) is 6.69. The molecule has 0 atom stereocenters. The molecule has 150 valence electrons. The third-order valence-electron chi connectivity index (χ3n) is 3.35. The van der Waals surface area contributed by atoms with Gasteiger partial charge in [0.2, 0.25) is 11.0 Å². The Labute approximate surface area is 161 Å². The van der Waals surface area contributed by atoms with Crippen LogP contribution in [0.2, 0.25) is 0 Å². The summed E-state index contributed by atoms with van der Waals surface area (Å²) in [5.74, 6) is -1.24. The number of carboxylic acids is 1. The number of nitrogens with one attached hydrogen (secondary N) is 2. The molecule has 0 aliphatic rings. The summed E-state index contributed by atoms with van der Waals surface area (Å²) in [7, 11) is 0. The normalized spacial score (nSPS) is 11.0. The van der Waals surface area contributed by atoms with Gasteiger partial charge >= 0.3 is 23.9 Å². The second-order valence-electron chi connectivity index (χ2n) is 6.93. The van der Waals surface area contributed by atoms with Crippen LogP contribution in [0.1, 0.15) is 44.0 Å². The van der Waals surface area contributed by atoms with E-state index in [1.807, 2.05) is 0 Å². The Hall–Kier alpha value is -3.43. The number of hydrogen-bond acceptors (Lipinski definition) is 6. The van der Waals surface area contributed by atoms with Crippen LogP contribution in [0.25, 0.3) is 5.69 Å². The van der Waals surface area contributed by atoms with Crippen LogP contribution in [0.3, 0.4) is 0 Å². The number of urea groups is 1. The van der Waals surface area contributed by atoms with E-state index in [2.05, 4.69) is 15.9 Å². The molecule has 0 spiro atoms. The molecule has 2 amide bonds. The van der Waals surface area contributed by atoms with Gasteiger partial charge in [0.05, 0.1) is 5.56 Å². The maximum atomic E-state index is 11.9. The van der Waals surface area contributed by atoms with Crippen LogP contribution >= 0.6 is 0 Å². The number of ether oxygens (including phenoxy) is 1. The lowest BCUT2D eigenvalue weighted by Crippen LogP contribution is -2.32. The zero-order valence-corrected chi connectivity index (χ0v) is 15.9. The van der Waals surface area contributed by atoms with Crippen LogP contribution in [0.15, 0.2) is 35.0 Å². The number of aromatic carboxylic acids is 1. The fraction of sp³-hybridized carbons (Fsp3) is 0.389. The molecule has 2 aromatic rings. The monoisotopic (exact) mass is 391 g/mol. The van der Waals surface area contributed by atoms with E-state index in [9.17, 15) is 14.4 Å². The number of hydrogen-bond donors (Lipinski definition) is 3. The quantitative estimate of drug-likeness (QED) is 0.373. The summed E-state index contributed by atoms with van der Waals surface area (Å²) in [4.78, 5) is 34.3. The maximum absolute atomic E-state index is 11.9. The molecule has 0 bridgehead atoms. The average molecular weight is 391 g/mol. The molecule has 0 saturated heterocycles. The number of rotatable bonds is 7. The van der Waals surface area contributed by atoms with Crippen molar-refractivity contribution in [2.75, 3.05) is 11.9 Å². The average Bonchev–Trinajstić information content (AvgIpc) is 3.05. The summed E-state index contributed by atoms with van der Waals surface area (Å²) in [6.45, 7) is 5.66. The Morgan fingerprint density at radius 2 is 1.89 bits per heavy atom. The van der Waals surface area contributed by atoms with Crippen molar-refractivity contribution in [1.29, 1.82) is 0 Å². The predicted molar refractivity (Wildman–Crippen MR) is 97.1 cm³/mol. The minimum atomic E-state index is -1.03.